The molecule has 3 rings (SSSR count). The minimum Gasteiger partial charge on any atom is -0.362 e. The van der Waals surface area contributed by atoms with E-state index in [1.807, 2.05) is 6.92 Å². The van der Waals surface area contributed by atoms with Crippen LogP contribution in [-0.2, 0) is 11.2 Å². The number of aryl methyl sites for hydroxylation is 1. The molecule has 1 N–H and O–H groups in total. The Morgan fingerprint density at radius 2 is 1.74 bits per heavy atom. The number of alkyl halides is 3. The fraction of sp³-hybridized carbons (Fsp3) is 0.263. The SMILES string of the molecule is Cc1ccc(CC(=O)N2N=C(c3ccc(F)cc3)C[C@]2(O)C(F)(F)F)cc1. The number of carbonyl (C=O) groups is 1. The lowest BCUT2D eigenvalue weighted by Crippen LogP contribution is -2.57. The fourth-order valence-corrected chi connectivity index (χ4v) is 2.79. The molecule has 0 aliphatic carbocycles. The van der Waals surface area contributed by atoms with Crippen molar-refractivity contribution >= 4 is 11.6 Å². The summed E-state index contributed by atoms with van der Waals surface area (Å²) in [5, 5.41) is 14.1. The maximum atomic E-state index is 13.5. The first kappa shape index (κ1) is 19.0. The number of aliphatic hydroxyl groups is 1. The van der Waals surface area contributed by atoms with Crippen LogP contribution in [0, 0.1) is 12.7 Å². The highest BCUT2D eigenvalue weighted by atomic mass is 19.4. The average molecular weight is 380 g/mol. The zero-order valence-electron chi connectivity index (χ0n) is 14.3. The highest BCUT2D eigenvalue weighted by Gasteiger charge is 2.63. The molecule has 1 amide bonds. The lowest BCUT2D eigenvalue weighted by atomic mass is 10.0. The van der Waals surface area contributed by atoms with Gasteiger partial charge in [-0.2, -0.15) is 23.3 Å². The third kappa shape index (κ3) is 3.71. The largest absolute Gasteiger partial charge is 0.438 e. The quantitative estimate of drug-likeness (QED) is 0.828. The Kier molecular flexibility index (Phi) is 4.77. The van der Waals surface area contributed by atoms with Crippen LogP contribution in [-0.4, -0.2) is 33.6 Å². The van der Waals surface area contributed by atoms with Crippen LogP contribution in [0.1, 0.15) is 23.1 Å². The summed E-state index contributed by atoms with van der Waals surface area (Å²) in [6.07, 6.45) is -6.39. The van der Waals surface area contributed by atoms with Crippen molar-refractivity contribution in [1.29, 1.82) is 0 Å². The second-order valence-corrected chi connectivity index (χ2v) is 6.41. The van der Waals surface area contributed by atoms with Crippen molar-refractivity contribution in [3.8, 4) is 0 Å². The van der Waals surface area contributed by atoms with Gasteiger partial charge in [0.2, 0.25) is 5.91 Å². The first-order valence-corrected chi connectivity index (χ1v) is 8.11. The molecule has 0 saturated heterocycles. The topological polar surface area (TPSA) is 52.9 Å². The van der Waals surface area contributed by atoms with Crippen LogP contribution in [0.15, 0.2) is 53.6 Å². The van der Waals surface area contributed by atoms with Gasteiger partial charge in [-0.3, -0.25) is 4.79 Å². The molecule has 0 unspecified atom stereocenters. The third-order valence-corrected chi connectivity index (χ3v) is 4.33. The molecule has 8 heteroatoms. The van der Waals surface area contributed by atoms with Crippen LogP contribution in [0.2, 0.25) is 0 Å². The van der Waals surface area contributed by atoms with E-state index in [2.05, 4.69) is 5.10 Å². The number of nitrogens with zero attached hydrogens (tertiary/aromatic N) is 2. The summed E-state index contributed by atoms with van der Waals surface area (Å²) in [6.45, 7) is 1.84. The van der Waals surface area contributed by atoms with Gasteiger partial charge >= 0.3 is 6.18 Å². The molecular weight excluding hydrogens is 364 g/mol. The van der Waals surface area contributed by atoms with E-state index < -0.39 is 30.0 Å². The molecule has 0 bridgehead atoms. The van der Waals surface area contributed by atoms with Crippen LogP contribution in [0.25, 0.3) is 0 Å². The van der Waals surface area contributed by atoms with Crippen molar-refractivity contribution in [2.24, 2.45) is 5.10 Å². The molecule has 1 aliphatic heterocycles. The molecular formula is C19H16F4N2O2. The Morgan fingerprint density at radius 1 is 1.15 bits per heavy atom. The van der Waals surface area contributed by atoms with Gasteiger partial charge in [-0.1, -0.05) is 42.0 Å². The lowest BCUT2D eigenvalue weighted by molar-refractivity contribution is -0.302. The zero-order valence-corrected chi connectivity index (χ0v) is 14.3. The van der Waals surface area contributed by atoms with Crippen molar-refractivity contribution < 1.29 is 27.5 Å². The van der Waals surface area contributed by atoms with Gasteiger partial charge in [-0.05, 0) is 30.2 Å². The van der Waals surface area contributed by atoms with Gasteiger partial charge in [0.25, 0.3) is 5.72 Å². The fourth-order valence-electron chi connectivity index (χ4n) is 2.79. The molecule has 0 aromatic heterocycles. The van der Waals surface area contributed by atoms with Crippen molar-refractivity contribution in [1.82, 2.24) is 5.01 Å². The summed E-state index contributed by atoms with van der Waals surface area (Å²) in [4.78, 5) is 12.5. The molecule has 2 aromatic carbocycles. The second-order valence-electron chi connectivity index (χ2n) is 6.41. The molecule has 4 nitrogen and oxygen atoms in total. The van der Waals surface area contributed by atoms with Gasteiger partial charge in [0.05, 0.1) is 18.6 Å². The minimum atomic E-state index is -5.11. The number of rotatable bonds is 3. The second kappa shape index (κ2) is 6.77. The van der Waals surface area contributed by atoms with E-state index >= 15 is 0 Å². The maximum Gasteiger partial charge on any atom is 0.438 e. The van der Waals surface area contributed by atoms with E-state index in [0.717, 1.165) is 17.7 Å². The molecule has 2 aromatic rings. The lowest BCUT2D eigenvalue weighted by Gasteiger charge is -2.32. The highest BCUT2D eigenvalue weighted by Crippen LogP contribution is 2.41. The Hall–Kier alpha value is -2.74. The monoisotopic (exact) mass is 380 g/mol. The van der Waals surface area contributed by atoms with E-state index in [1.54, 1.807) is 24.3 Å². The standard InChI is InChI=1S/C19H16F4N2O2/c1-12-2-4-13(5-3-12)10-17(26)25-18(27,19(21,22)23)11-16(24-25)14-6-8-15(20)9-7-14/h2-9,27H,10-11H2,1H3/t18-/m0/s1. The van der Waals surface area contributed by atoms with Crippen LogP contribution >= 0.6 is 0 Å². The smallest absolute Gasteiger partial charge is 0.362 e. The Balaban J connectivity index is 1.93. The van der Waals surface area contributed by atoms with Gasteiger partial charge in [0.1, 0.15) is 5.82 Å². The Bertz CT molecular complexity index is 876. The summed E-state index contributed by atoms with van der Waals surface area (Å²) in [5.41, 5.74) is -1.95. The molecule has 1 aliphatic rings. The average Bonchev–Trinajstić information content (AvgIpc) is 2.97. The van der Waals surface area contributed by atoms with E-state index in [1.165, 1.54) is 12.1 Å². The number of hydrazone groups is 1. The molecule has 27 heavy (non-hydrogen) atoms. The van der Waals surface area contributed by atoms with Crippen molar-refractivity contribution in [3.05, 3.63) is 71.0 Å². The Morgan fingerprint density at radius 3 is 2.30 bits per heavy atom. The summed E-state index contributed by atoms with van der Waals surface area (Å²) in [5.74, 6) is -1.55. The normalized spacial score (nSPS) is 19.9. The Labute approximate surface area is 152 Å². The molecule has 0 saturated carbocycles. The summed E-state index contributed by atoms with van der Waals surface area (Å²) in [7, 11) is 0. The van der Waals surface area contributed by atoms with Crippen LogP contribution in [0.4, 0.5) is 17.6 Å². The molecule has 1 atom stereocenters. The van der Waals surface area contributed by atoms with Gasteiger partial charge in [0, 0.05) is 0 Å². The maximum absolute atomic E-state index is 13.5. The van der Waals surface area contributed by atoms with E-state index in [4.69, 9.17) is 0 Å². The van der Waals surface area contributed by atoms with Crippen molar-refractivity contribution in [2.45, 2.75) is 31.7 Å². The molecule has 0 fully saturated rings. The molecule has 1 heterocycles. The number of carbonyl (C=O) groups excluding carboxylic acids is 1. The predicted molar refractivity (Wildman–Crippen MR) is 90.3 cm³/mol. The van der Waals surface area contributed by atoms with Crippen molar-refractivity contribution in [3.63, 3.8) is 0 Å². The summed E-state index contributed by atoms with van der Waals surface area (Å²) < 4.78 is 53.6. The first-order chi connectivity index (χ1) is 12.6. The molecule has 0 radical (unpaired) electrons. The number of benzene rings is 2. The van der Waals surface area contributed by atoms with Crippen LogP contribution in [0.5, 0.6) is 0 Å². The van der Waals surface area contributed by atoms with Crippen LogP contribution in [0.3, 0.4) is 0 Å². The van der Waals surface area contributed by atoms with Gasteiger partial charge in [0.15, 0.2) is 0 Å². The van der Waals surface area contributed by atoms with Crippen LogP contribution < -0.4 is 0 Å². The van der Waals surface area contributed by atoms with Gasteiger partial charge in [-0.25, -0.2) is 4.39 Å². The molecule has 0 spiro atoms. The number of hydrogen-bond donors (Lipinski definition) is 1. The van der Waals surface area contributed by atoms with Crippen molar-refractivity contribution in [2.75, 3.05) is 0 Å². The number of hydrogen-bond acceptors (Lipinski definition) is 3. The predicted octanol–water partition coefficient (Wildman–Crippen LogP) is 3.56. The highest BCUT2D eigenvalue weighted by molar-refractivity contribution is 6.03. The summed E-state index contributed by atoms with van der Waals surface area (Å²) >= 11 is 0. The van der Waals surface area contributed by atoms with E-state index in [-0.39, 0.29) is 22.7 Å². The summed E-state index contributed by atoms with van der Waals surface area (Å²) in [6, 6.07) is 11.4. The minimum absolute atomic E-state index is 0.0888. The number of halogens is 4. The van der Waals surface area contributed by atoms with E-state index in [9.17, 15) is 27.5 Å². The third-order valence-electron chi connectivity index (χ3n) is 4.33. The van der Waals surface area contributed by atoms with E-state index in [0.29, 0.717) is 5.56 Å². The van der Waals surface area contributed by atoms with Gasteiger partial charge < -0.3 is 5.11 Å². The van der Waals surface area contributed by atoms with Gasteiger partial charge in [-0.15, -0.1) is 0 Å². The number of amides is 1. The zero-order chi connectivity index (χ0) is 19.8. The first-order valence-electron chi connectivity index (χ1n) is 8.11. The molecule has 142 valence electrons.